The third kappa shape index (κ3) is 4.14. The van der Waals surface area contributed by atoms with Crippen LogP contribution in [-0.2, 0) is 6.54 Å². The quantitative estimate of drug-likeness (QED) is 0.672. The molecule has 2 fully saturated rings. The van der Waals surface area contributed by atoms with E-state index < -0.39 is 0 Å². The fraction of sp³-hybridized carbons (Fsp3) is 0.478. The molecule has 6 nitrogen and oxygen atoms in total. The largest absolute Gasteiger partial charge is 0.351 e. The number of piperazine rings is 1. The summed E-state index contributed by atoms with van der Waals surface area (Å²) in [7, 11) is 0. The lowest BCUT2D eigenvalue weighted by molar-refractivity contribution is 0.104. The molecule has 1 saturated carbocycles. The van der Waals surface area contributed by atoms with E-state index in [0.717, 1.165) is 42.2 Å². The molecule has 29 heavy (non-hydrogen) atoms. The van der Waals surface area contributed by atoms with Gasteiger partial charge in [-0.3, -0.25) is 9.80 Å². The first kappa shape index (κ1) is 18.6. The Kier molecular flexibility index (Phi) is 4.97. The number of nitrogens with zero attached hydrogens (tertiary/aromatic N) is 4. The van der Waals surface area contributed by atoms with Crippen molar-refractivity contribution in [2.24, 2.45) is 0 Å². The molecule has 3 aromatic rings. The van der Waals surface area contributed by atoms with Crippen LogP contribution in [0.3, 0.4) is 0 Å². The molecule has 5 rings (SSSR count). The van der Waals surface area contributed by atoms with Crippen molar-refractivity contribution in [2.75, 3.05) is 31.5 Å². The molecule has 0 amide bonds. The van der Waals surface area contributed by atoms with Gasteiger partial charge in [0, 0.05) is 68.2 Å². The summed E-state index contributed by atoms with van der Waals surface area (Å²) in [5, 5.41) is 4.44. The second-order valence-corrected chi connectivity index (χ2v) is 8.68. The summed E-state index contributed by atoms with van der Waals surface area (Å²) in [6.45, 7) is 10.2. The minimum atomic E-state index is 0.558. The van der Waals surface area contributed by atoms with Crippen molar-refractivity contribution < 1.29 is 0 Å². The zero-order chi connectivity index (χ0) is 19.8. The summed E-state index contributed by atoms with van der Waals surface area (Å²) in [6, 6.07) is 10.2. The first-order valence-electron chi connectivity index (χ1n) is 10.8. The highest BCUT2D eigenvalue weighted by Crippen LogP contribution is 2.29. The molecule has 152 valence electrons. The smallest absolute Gasteiger partial charge is 0.224 e. The van der Waals surface area contributed by atoms with Crippen molar-refractivity contribution in [3.05, 3.63) is 42.2 Å². The Bertz CT molecular complexity index is 965. The SMILES string of the molecule is CC(C)N1CCN(Cc2ccc(-c3c[nH]c4nc(NC5CC5)ncc34)cc2)CC1. The molecule has 1 aliphatic heterocycles. The number of aromatic amines is 1. The number of anilines is 1. The van der Waals surface area contributed by atoms with Crippen molar-refractivity contribution in [1.82, 2.24) is 24.8 Å². The fourth-order valence-corrected chi connectivity index (χ4v) is 4.11. The number of hydrogen-bond acceptors (Lipinski definition) is 5. The first-order chi connectivity index (χ1) is 14.2. The number of H-pyrrole nitrogens is 1. The molecule has 1 aliphatic carbocycles. The molecule has 0 radical (unpaired) electrons. The number of rotatable bonds is 6. The van der Waals surface area contributed by atoms with Crippen LogP contribution in [0.5, 0.6) is 0 Å². The average molecular weight is 391 g/mol. The van der Waals surface area contributed by atoms with Gasteiger partial charge in [-0.2, -0.15) is 4.98 Å². The summed E-state index contributed by atoms with van der Waals surface area (Å²) in [6.07, 6.45) is 6.41. The van der Waals surface area contributed by atoms with Gasteiger partial charge in [-0.15, -0.1) is 0 Å². The minimum absolute atomic E-state index is 0.558. The van der Waals surface area contributed by atoms with Gasteiger partial charge in [0.1, 0.15) is 5.65 Å². The molecule has 3 heterocycles. The summed E-state index contributed by atoms with van der Waals surface area (Å²) >= 11 is 0. The maximum absolute atomic E-state index is 4.63. The molecule has 2 aliphatic rings. The Morgan fingerprint density at radius 1 is 1.10 bits per heavy atom. The van der Waals surface area contributed by atoms with Crippen LogP contribution in [0, 0.1) is 0 Å². The second kappa shape index (κ2) is 7.76. The van der Waals surface area contributed by atoms with Gasteiger partial charge in [-0.05, 0) is 37.8 Å². The Labute approximate surface area is 172 Å². The van der Waals surface area contributed by atoms with Crippen molar-refractivity contribution in [3.8, 4) is 11.1 Å². The highest BCUT2D eigenvalue weighted by molar-refractivity contribution is 5.93. The summed E-state index contributed by atoms with van der Waals surface area (Å²) in [4.78, 5) is 17.6. The minimum Gasteiger partial charge on any atom is -0.351 e. The van der Waals surface area contributed by atoms with E-state index in [1.807, 2.05) is 12.4 Å². The van der Waals surface area contributed by atoms with Gasteiger partial charge in [0.25, 0.3) is 0 Å². The van der Waals surface area contributed by atoms with Gasteiger partial charge in [0.05, 0.1) is 0 Å². The molecule has 2 N–H and O–H groups in total. The van der Waals surface area contributed by atoms with E-state index in [2.05, 4.69) is 68.2 Å². The van der Waals surface area contributed by atoms with Gasteiger partial charge in [0.2, 0.25) is 5.95 Å². The van der Waals surface area contributed by atoms with Crippen molar-refractivity contribution in [3.63, 3.8) is 0 Å². The Balaban J connectivity index is 1.26. The van der Waals surface area contributed by atoms with E-state index in [-0.39, 0.29) is 0 Å². The number of hydrogen-bond donors (Lipinski definition) is 2. The van der Waals surface area contributed by atoms with E-state index in [9.17, 15) is 0 Å². The van der Waals surface area contributed by atoms with Crippen LogP contribution in [0.1, 0.15) is 32.3 Å². The average Bonchev–Trinajstić information content (AvgIpc) is 3.45. The molecule has 0 atom stereocenters. The Morgan fingerprint density at radius 3 is 2.55 bits per heavy atom. The number of nitrogens with one attached hydrogen (secondary N) is 2. The fourth-order valence-electron chi connectivity index (χ4n) is 4.11. The van der Waals surface area contributed by atoms with E-state index in [1.54, 1.807) is 0 Å². The van der Waals surface area contributed by atoms with Crippen molar-refractivity contribution in [2.45, 2.75) is 45.3 Å². The van der Waals surface area contributed by atoms with Crippen LogP contribution >= 0.6 is 0 Å². The van der Waals surface area contributed by atoms with Gasteiger partial charge < -0.3 is 10.3 Å². The lowest BCUT2D eigenvalue weighted by Gasteiger charge is -2.36. The highest BCUT2D eigenvalue weighted by atomic mass is 15.3. The summed E-state index contributed by atoms with van der Waals surface area (Å²) in [5.74, 6) is 0.723. The van der Waals surface area contributed by atoms with Crippen LogP contribution in [0.25, 0.3) is 22.2 Å². The van der Waals surface area contributed by atoms with Crippen molar-refractivity contribution >= 4 is 17.0 Å². The number of benzene rings is 1. The molecule has 1 aromatic carbocycles. The van der Waals surface area contributed by atoms with Gasteiger partial charge in [-0.25, -0.2) is 4.98 Å². The van der Waals surface area contributed by atoms with Crippen LogP contribution in [0.4, 0.5) is 5.95 Å². The summed E-state index contributed by atoms with van der Waals surface area (Å²) < 4.78 is 0. The third-order valence-electron chi connectivity index (χ3n) is 6.15. The normalized spacial score (nSPS) is 18.6. The maximum atomic E-state index is 4.63. The topological polar surface area (TPSA) is 60.1 Å². The molecule has 0 unspecified atom stereocenters. The molecule has 2 aromatic heterocycles. The van der Waals surface area contributed by atoms with Gasteiger partial charge >= 0.3 is 0 Å². The monoisotopic (exact) mass is 390 g/mol. The van der Waals surface area contributed by atoms with Crippen LogP contribution < -0.4 is 5.32 Å². The third-order valence-corrected chi connectivity index (χ3v) is 6.15. The van der Waals surface area contributed by atoms with Crippen LogP contribution in [0.2, 0.25) is 0 Å². The van der Waals surface area contributed by atoms with E-state index in [4.69, 9.17) is 0 Å². The standard InChI is InChI=1S/C23H30N6/c1-16(2)29-11-9-28(10-12-29)15-17-3-5-18(6-4-17)20-13-24-22-21(20)14-25-23(27-22)26-19-7-8-19/h3-6,13-14,16,19H,7-12,15H2,1-2H3,(H2,24,25,26,27). The van der Waals surface area contributed by atoms with Crippen LogP contribution in [0.15, 0.2) is 36.7 Å². The predicted molar refractivity (Wildman–Crippen MR) is 118 cm³/mol. The Morgan fingerprint density at radius 2 is 1.86 bits per heavy atom. The van der Waals surface area contributed by atoms with Crippen LogP contribution in [-0.4, -0.2) is 63.0 Å². The molecular weight excluding hydrogens is 360 g/mol. The molecule has 1 saturated heterocycles. The van der Waals surface area contributed by atoms with Crippen molar-refractivity contribution in [1.29, 1.82) is 0 Å². The van der Waals surface area contributed by atoms with E-state index in [1.165, 1.54) is 37.1 Å². The summed E-state index contributed by atoms with van der Waals surface area (Å²) in [5.41, 5.74) is 4.63. The zero-order valence-corrected chi connectivity index (χ0v) is 17.4. The van der Waals surface area contributed by atoms with Gasteiger partial charge in [0.15, 0.2) is 0 Å². The maximum Gasteiger partial charge on any atom is 0.224 e. The highest BCUT2D eigenvalue weighted by Gasteiger charge is 2.22. The molecular formula is C23H30N6. The van der Waals surface area contributed by atoms with E-state index in [0.29, 0.717) is 12.1 Å². The molecule has 0 bridgehead atoms. The van der Waals surface area contributed by atoms with E-state index >= 15 is 0 Å². The first-order valence-corrected chi connectivity index (χ1v) is 10.8. The Hall–Kier alpha value is -2.44. The molecule has 0 spiro atoms. The lowest BCUT2D eigenvalue weighted by Crippen LogP contribution is -2.48. The zero-order valence-electron chi connectivity index (χ0n) is 17.4. The number of aromatic nitrogens is 3. The van der Waals surface area contributed by atoms with Gasteiger partial charge in [-0.1, -0.05) is 24.3 Å². The second-order valence-electron chi connectivity index (χ2n) is 8.68. The number of fused-ring (bicyclic) bond motifs is 1. The molecule has 6 heteroatoms. The predicted octanol–water partition coefficient (Wildman–Crippen LogP) is 3.73. The lowest BCUT2D eigenvalue weighted by atomic mass is 10.0.